The van der Waals surface area contributed by atoms with Crippen LogP contribution >= 0.6 is 34.9 Å². The molecule has 35 heavy (non-hydrogen) atoms. The van der Waals surface area contributed by atoms with Crippen molar-refractivity contribution in [3.05, 3.63) is 57.8 Å². The van der Waals surface area contributed by atoms with Crippen molar-refractivity contribution in [1.82, 2.24) is 20.2 Å². The minimum Gasteiger partial charge on any atom is -0.477 e. The third-order valence-electron chi connectivity index (χ3n) is 5.00. The van der Waals surface area contributed by atoms with E-state index in [0.717, 1.165) is 16.9 Å². The van der Waals surface area contributed by atoms with Crippen LogP contribution in [0, 0.1) is 0 Å². The Labute approximate surface area is 212 Å². The molecule has 2 aliphatic heterocycles. The quantitative estimate of drug-likeness (QED) is 0.246. The highest BCUT2D eigenvalue weighted by Crippen LogP contribution is 2.41. The predicted molar refractivity (Wildman–Crippen MR) is 135 cm³/mol. The van der Waals surface area contributed by atoms with Gasteiger partial charge in [-0.3, -0.25) is 19.5 Å². The van der Waals surface area contributed by atoms with Crippen LogP contribution in [0.15, 0.2) is 51.7 Å². The molecule has 2 aliphatic rings. The van der Waals surface area contributed by atoms with Crippen molar-refractivity contribution in [3.8, 4) is 0 Å². The zero-order valence-electron chi connectivity index (χ0n) is 18.3. The van der Waals surface area contributed by atoms with Crippen molar-refractivity contribution < 1.29 is 24.3 Å². The Morgan fingerprint density at radius 2 is 2.31 bits per heavy atom. The normalized spacial score (nSPS) is 20.0. The summed E-state index contributed by atoms with van der Waals surface area (Å²) in [6.45, 7) is 0. The lowest BCUT2D eigenvalue weighted by Crippen LogP contribution is -2.71. The maximum absolute atomic E-state index is 12.9. The van der Waals surface area contributed by atoms with Crippen molar-refractivity contribution in [1.29, 1.82) is 0 Å². The molecule has 4 rings (SSSR count). The molecular weight excluding hydrogens is 512 g/mol. The standard InChI is InChI=1S/C21H20N6O5S3/c1-32-26-14(13-10-35-21(22)24-13)17(28)25-15-18(29)27-16(20(30)31)12(9-34-19(15)27)8-33-6-4-11-3-2-5-23-7-11/h2-7,10,15,19H,8-9H2,1H3,(H2,22,24)(H,25,28)(H,30,31)/b6-4-,26-14?/t15?,19-/m0/s1. The summed E-state index contributed by atoms with van der Waals surface area (Å²) < 4.78 is 0. The molecule has 2 atom stereocenters. The summed E-state index contributed by atoms with van der Waals surface area (Å²) in [5.41, 5.74) is 7.26. The first-order chi connectivity index (χ1) is 16.9. The summed E-state index contributed by atoms with van der Waals surface area (Å²) in [4.78, 5) is 51.8. The first-order valence-corrected chi connectivity index (χ1v) is 13.1. The number of nitrogens with zero attached hydrogens (tertiary/aromatic N) is 4. The minimum atomic E-state index is -1.18. The van der Waals surface area contributed by atoms with Crippen LogP contribution in [0.3, 0.4) is 0 Å². The molecule has 2 amide bonds. The van der Waals surface area contributed by atoms with Crippen LogP contribution in [0.2, 0.25) is 0 Å². The van der Waals surface area contributed by atoms with E-state index in [4.69, 9.17) is 10.6 Å². The van der Waals surface area contributed by atoms with Gasteiger partial charge >= 0.3 is 5.97 Å². The molecule has 0 aliphatic carbocycles. The Kier molecular flexibility index (Phi) is 7.73. The number of carboxylic acid groups (broad SMARTS) is 1. The second-order valence-electron chi connectivity index (χ2n) is 7.21. The Morgan fingerprint density at radius 3 is 2.97 bits per heavy atom. The first kappa shape index (κ1) is 24.8. The number of carboxylic acids is 1. The lowest BCUT2D eigenvalue weighted by molar-refractivity contribution is -0.150. The topological polar surface area (TPSA) is 160 Å². The lowest BCUT2D eigenvalue weighted by atomic mass is 10.0. The minimum absolute atomic E-state index is 0.0374. The average Bonchev–Trinajstić information content (AvgIpc) is 3.29. The van der Waals surface area contributed by atoms with Crippen molar-refractivity contribution in [2.75, 3.05) is 24.3 Å². The molecule has 1 fully saturated rings. The van der Waals surface area contributed by atoms with E-state index in [2.05, 4.69) is 20.4 Å². The van der Waals surface area contributed by atoms with Gasteiger partial charge in [-0.25, -0.2) is 9.78 Å². The van der Waals surface area contributed by atoms with E-state index in [1.807, 2.05) is 23.6 Å². The highest BCUT2D eigenvalue weighted by Gasteiger charge is 2.54. The van der Waals surface area contributed by atoms with Gasteiger partial charge in [0, 0.05) is 29.3 Å². The van der Waals surface area contributed by atoms with Crippen molar-refractivity contribution in [2.45, 2.75) is 11.4 Å². The number of nitrogens with two attached hydrogens (primary N) is 1. The molecule has 14 heteroatoms. The number of hydrogen-bond donors (Lipinski definition) is 3. The molecule has 0 spiro atoms. The maximum atomic E-state index is 12.9. The number of carbonyl (C=O) groups excluding carboxylic acids is 2. The Hall–Kier alpha value is -3.36. The summed E-state index contributed by atoms with van der Waals surface area (Å²) in [5.74, 6) is -1.53. The lowest BCUT2D eigenvalue weighted by Gasteiger charge is -2.49. The predicted octanol–water partition coefficient (Wildman–Crippen LogP) is 1.61. The van der Waals surface area contributed by atoms with Gasteiger partial charge < -0.3 is 21.0 Å². The summed E-state index contributed by atoms with van der Waals surface area (Å²) >= 11 is 3.95. The van der Waals surface area contributed by atoms with Gasteiger partial charge in [-0.05, 0) is 28.7 Å². The van der Waals surface area contributed by atoms with Gasteiger partial charge in [-0.15, -0.1) is 34.9 Å². The van der Waals surface area contributed by atoms with E-state index in [1.165, 1.54) is 35.5 Å². The fourth-order valence-corrected chi connectivity index (χ4v) is 6.26. The zero-order chi connectivity index (χ0) is 24.9. The number of fused-ring (bicyclic) bond motifs is 1. The molecule has 11 nitrogen and oxygen atoms in total. The number of β-lactam (4-membered cyclic amide) rings is 1. The van der Waals surface area contributed by atoms with E-state index in [-0.39, 0.29) is 22.2 Å². The first-order valence-electron chi connectivity index (χ1n) is 10.1. The summed E-state index contributed by atoms with van der Waals surface area (Å²) in [5, 5.41) is 19.3. The molecule has 4 N–H and O–H groups in total. The molecule has 0 bridgehead atoms. The number of anilines is 1. The molecule has 182 valence electrons. The summed E-state index contributed by atoms with van der Waals surface area (Å²) in [7, 11) is 1.28. The van der Waals surface area contributed by atoms with Gasteiger partial charge in [-0.1, -0.05) is 11.2 Å². The summed E-state index contributed by atoms with van der Waals surface area (Å²) in [6.07, 6.45) is 5.29. The molecule has 1 unspecified atom stereocenters. The van der Waals surface area contributed by atoms with Gasteiger partial charge in [0.1, 0.15) is 29.9 Å². The number of thioether (sulfide) groups is 2. The Morgan fingerprint density at radius 1 is 1.49 bits per heavy atom. The van der Waals surface area contributed by atoms with Crippen LogP contribution in [-0.2, 0) is 19.2 Å². The number of rotatable bonds is 9. The Balaban J connectivity index is 1.44. The number of oxime groups is 1. The number of aromatic nitrogens is 2. The smallest absolute Gasteiger partial charge is 0.352 e. The van der Waals surface area contributed by atoms with Gasteiger partial charge in [0.05, 0.1) is 0 Å². The van der Waals surface area contributed by atoms with Crippen LogP contribution in [0.4, 0.5) is 5.13 Å². The number of nitrogen functional groups attached to an aromatic ring is 1. The summed E-state index contributed by atoms with van der Waals surface area (Å²) in [6, 6.07) is 2.83. The fraction of sp³-hybridized carbons (Fsp3) is 0.238. The highest BCUT2D eigenvalue weighted by atomic mass is 32.2. The van der Waals surface area contributed by atoms with Crippen LogP contribution in [0.1, 0.15) is 11.3 Å². The van der Waals surface area contributed by atoms with Crippen molar-refractivity contribution >= 4 is 69.6 Å². The molecule has 0 aromatic carbocycles. The maximum Gasteiger partial charge on any atom is 0.352 e. The number of aliphatic carboxylic acids is 1. The molecule has 4 heterocycles. The van der Waals surface area contributed by atoms with Crippen molar-refractivity contribution in [2.24, 2.45) is 5.16 Å². The number of thiazole rings is 1. The molecule has 0 saturated carbocycles. The van der Waals surface area contributed by atoms with E-state index in [9.17, 15) is 19.5 Å². The zero-order valence-corrected chi connectivity index (χ0v) is 20.7. The molecule has 2 aromatic rings. The van der Waals surface area contributed by atoms with Crippen LogP contribution in [-0.4, -0.2) is 73.5 Å². The van der Waals surface area contributed by atoms with Gasteiger partial charge in [-0.2, -0.15) is 0 Å². The van der Waals surface area contributed by atoms with Crippen LogP contribution < -0.4 is 11.1 Å². The van der Waals surface area contributed by atoms with E-state index < -0.39 is 29.2 Å². The molecule has 2 aromatic heterocycles. The SMILES string of the molecule is CON=C(C(=O)NC1C(=O)N2C(C(=O)O)=C(CS/C=C\c3cccnc3)CS[C@@H]12)c1csc(N)n1. The van der Waals surface area contributed by atoms with Crippen LogP contribution in [0.25, 0.3) is 6.08 Å². The third kappa shape index (κ3) is 5.33. The fourth-order valence-electron chi connectivity index (χ4n) is 3.45. The Bertz CT molecular complexity index is 1230. The number of nitrogens with one attached hydrogen (secondary N) is 1. The molecular formula is C21H20N6O5S3. The van der Waals surface area contributed by atoms with E-state index >= 15 is 0 Å². The number of amides is 2. The second-order valence-corrected chi connectivity index (χ2v) is 10.1. The number of pyridine rings is 1. The molecule has 1 saturated heterocycles. The van der Waals surface area contributed by atoms with Crippen molar-refractivity contribution in [3.63, 3.8) is 0 Å². The van der Waals surface area contributed by atoms with E-state index in [0.29, 0.717) is 17.1 Å². The number of hydrogen-bond acceptors (Lipinski definition) is 11. The second kappa shape index (κ2) is 10.9. The largest absolute Gasteiger partial charge is 0.477 e. The monoisotopic (exact) mass is 532 g/mol. The van der Waals surface area contributed by atoms with Gasteiger partial charge in [0.2, 0.25) is 0 Å². The third-order valence-corrected chi connectivity index (χ3v) is 7.85. The highest BCUT2D eigenvalue weighted by molar-refractivity contribution is 8.02. The number of carbonyl (C=O) groups is 3. The average molecular weight is 533 g/mol. The van der Waals surface area contributed by atoms with E-state index in [1.54, 1.807) is 17.8 Å². The molecule has 0 radical (unpaired) electrons. The van der Waals surface area contributed by atoms with Gasteiger partial charge in [0.25, 0.3) is 11.8 Å². The van der Waals surface area contributed by atoms with Crippen LogP contribution in [0.5, 0.6) is 0 Å². The van der Waals surface area contributed by atoms with Gasteiger partial charge in [0.15, 0.2) is 10.8 Å².